The molecule has 1 unspecified atom stereocenters. The highest BCUT2D eigenvalue weighted by molar-refractivity contribution is 5.61. The van der Waals surface area contributed by atoms with Gasteiger partial charge in [-0.1, -0.05) is 0 Å². The number of anilines is 1. The molecule has 1 atom stereocenters. The van der Waals surface area contributed by atoms with Crippen LogP contribution in [0.1, 0.15) is 13.3 Å². The van der Waals surface area contributed by atoms with E-state index in [2.05, 4.69) is 21.2 Å². The minimum Gasteiger partial charge on any atom is -0.476 e. The van der Waals surface area contributed by atoms with Crippen LogP contribution in [0.15, 0.2) is 6.33 Å². The highest BCUT2D eigenvalue weighted by Gasteiger charge is 2.24. The first kappa shape index (κ1) is 12.7. The Morgan fingerprint density at radius 1 is 1.71 bits per heavy atom. The Morgan fingerprint density at radius 2 is 2.41 bits per heavy atom. The van der Waals surface area contributed by atoms with Crippen molar-refractivity contribution < 1.29 is 9.66 Å². The lowest BCUT2D eigenvalue weighted by atomic mass is 10.2. The van der Waals surface area contributed by atoms with Gasteiger partial charge in [-0.15, -0.1) is 12.3 Å². The average Bonchev–Trinajstić information content (AvgIpc) is 2.28. The highest BCUT2D eigenvalue weighted by Crippen LogP contribution is 2.30. The van der Waals surface area contributed by atoms with Gasteiger partial charge in [0.25, 0.3) is 5.88 Å². The van der Waals surface area contributed by atoms with Gasteiger partial charge in [0.05, 0.1) is 12.0 Å². The molecule has 1 rings (SSSR count). The zero-order valence-corrected chi connectivity index (χ0v) is 9.51. The molecule has 90 valence electrons. The Balaban J connectivity index is 3.07. The Hall–Kier alpha value is -2.36. The zero-order valence-electron chi connectivity index (χ0n) is 9.51. The van der Waals surface area contributed by atoms with Crippen LogP contribution in [0.3, 0.4) is 0 Å². The van der Waals surface area contributed by atoms with Crippen molar-refractivity contribution in [2.45, 2.75) is 19.4 Å². The highest BCUT2D eigenvalue weighted by atomic mass is 16.6. The van der Waals surface area contributed by atoms with Crippen LogP contribution in [0.4, 0.5) is 11.5 Å². The second-order valence-corrected chi connectivity index (χ2v) is 3.29. The van der Waals surface area contributed by atoms with Crippen LogP contribution in [-0.4, -0.2) is 28.0 Å². The number of terminal acetylenes is 1. The van der Waals surface area contributed by atoms with Crippen LogP contribution in [0, 0.1) is 22.5 Å². The molecule has 0 spiro atoms. The lowest BCUT2D eigenvalue weighted by Gasteiger charge is -2.12. The third kappa shape index (κ3) is 3.04. The summed E-state index contributed by atoms with van der Waals surface area (Å²) in [6.07, 6.45) is 6.78. The number of nitrogens with one attached hydrogen (secondary N) is 1. The molecule has 1 aromatic heterocycles. The second kappa shape index (κ2) is 5.65. The predicted octanol–water partition coefficient (Wildman–Crippen LogP) is 1.22. The fraction of sp³-hybridized carbons (Fsp3) is 0.400. The lowest BCUT2D eigenvalue weighted by Crippen LogP contribution is -2.16. The van der Waals surface area contributed by atoms with E-state index >= 15 is 0 Å². The Kier molecular flexibility index (Phi) is 4.22. The van der Waals surface area contributed by atoms with E-state index in [1.807, 2.05) is 0 Å². The van der Waals surface area contributed by atoms with Crippen molar-refractivity contribution in [3.8, 4) is 18.2 Å². The van der Waals surface area contributed by atoms with Gasteiger partial charge >= 0.3 is 5.69 Å². The van der Waals surface area contributed by atoms with Gasteiger partial charge in [-0.25, -0.2) is 4.98 Å². The van der Waals surface area contributed by atoms with E-state index in [4.69, 9.17) is 11.2 Å². The van der Waals surface area contributed by atoms with E-state index in [0.29, 0.717) is 6.42 Å². The summed E-state index contributed by atoms with van der Waals surface area (Å²) < 4.78 is 4.82. The fourth-order valence-electron chi connectivity index (χ4n) is 1.24. The topological polar surface area (TPSA) is 90.2 Å². The van der Waals surface area contributed by atoms with Crippen molar-refractivity contribution in [2.24, 2.45) is 0 Å². The van der Waals surface area contributed by atoms with Crippen molar-refractivity contribution >= 4 is 11.5 Å². The monoisotopic (exact) mass is 236 g/mol. The van der Waals surface area contributed by atoms with Crippen molar-refractivity contribution in [1.29, 1.82) is 0 Å². The van der Waals surface area contributed by atoms with E-state index in [-0.39, 0.29) is 23.4 Å². The molecule has 0 aromatic carbocycles. The summed E-state index contributed by atoms with van der Waals surface area (Å²) in [4.78, 5) is 17.8. The predicted molar refractivity (Wildman–Crippen MR) is 61.8 cm³/mol. The van der Waals surface area contributed by atoms with Gasteiger partial charge in [0.15, 0.2) is 0 Å². The summed E-state index contributed by atoms with van der Waals surface area (Å²) in [5.74, 6) is 2.48. The molecular formula is C10H12N4O3. The number of ether oxygens (including phenoxy) is 1. The van der Waals surface area contributed by atoms with E-state index < -0.39 is 4.92 Å². The summed E-state index contributed by atoms with van der Waals surface area (Å²) in [6.45, 7) is 1.80. The molecule has 0 saturated heterocycles. The molecule has 0 saturated carbocycles. The number of rotatable bonds is 5. The van der Waals surface area contributed by atoms with Crippen LogP contribution in [0.5, 0.6) is 5.88 Å². The van der Waals surface area contributed by atoms with Gasteiger partial charge < -0.3 is 10.1 Å². The van der Waals surface area contributed by atoms with Crippen molar-refractivity contribution in [3.63, 3.8) is 0 Å². The maximum atomic E-state index is 10.9. The maximum Gasteiger partial charge on any atom is 0.372 e. The fourth-order valence-corrected chi connectivity index (χ4v) is 1.24. The SMILES string of the molecule is C#CCC(C)Nc1ncnc(OC)c1[N+](=O)[O-]. The minimum atomic E-state index is -0.593. The summed E-state index contributed by atoms with van der Waals surface area (Å²) in [6, 6.07) is -0.127. The van der Waals surface area contributed by atoms with Crippen molar-refractivity contribution in [3.05, 3.63) is 16.4 Å². The van der Waals surface area contributed by atoms with Crippen molar-refractivity contribution in [1.82, 2.24) is 9.97 Å². The van der Waals surface area contributed by atoms with Gasteiger partial charge in [0, 0.05) is 12.5 Å². The molecule has 7 heteroatoms. The summed E-state index contributed by atoms with van der Waals surface area (Å²) in [5.41, 5.74) is -0.293. The standard InChI is InChI=1S/C10H12N4O3/c1-4-5-7(2)13-9-8(14(15)16)10(17-3)12-6-11-9/h1,6-7H,5H2,2-3H3,(H,11,12,13). The van der Waals surface area contributed by atoms with Gasteiger partial charge in [-0.05, 0) is 6.92 Å². The zero-order chi connectivity index (χ0) is 12.8. The first-order valence-electron chi connectivity index (χ1n) is 4.83. The van der Waals surface area contributed by atoms with Crippen LogP contribution >= 0.6 is 0 Å². The molecular weight excluding hydrogens is 224 g/mol. The molecule has 1 N–H and O–H groups in total. The summed E-state index contributed by atoms with van der Waals surface area (Å²) >= 11 is 0. The largest absolute Gasteiger partial charge is 0.476 e. The van der Waals surface area contributed by atoms with Gasteiger partial charge in [-0.3, -0.25) is 10.1 Å². The molecule has 0 radical (unpaired) electrons. The van der Waals surface area contributed by atoms with E-state index in [1.165, 1.54) is 13.4 Å². The molecule has 0 aliphatic rings. The molecule has 7 nitrogen and oxygen atoms in total. The summed E-state index contributed by atoms with van der Waals surface area (Å²) in [5, 5.41) is 13.8. The number of nitro groups is 1. The first-order valence-corrected chi connectivity index (χ1v) is 4.83. The Bertz CT molecular complexity index is 455. The number of hydrogen-bond acceptors (Lipinski definition) is 6. The quantitative estimate of drug-likeness (QED) is 0.469. The summed E-state index contributed by atoms with van der Waals surface area (Å²) in [7, 11) is 1.31. The molecule has 0 fully saturated rings. The number of methoxy groups -OCH3 is 1. The first-order chi connectivity index (χ1) is 8.10. The van der Waals surface area contributed by atoms with Gasteiger partial charge in [0.2, 0.25) is 5.82 Å². The average molecular weight is 236 g/mol. The van der Waals surface area contributed by atoms with Gasteiger partial charge in [-0.2, -0.15) is 4.98 Å². The minimum absolute atomic E-state index is 0.0830. The number of hydrogen-bond donors (Lipinski definition) is 1. The van der Waals surface area contributed by atoms with Crippen LogP contribution < -0.4 is 10.1 Å². The third-order valence-electron chi connectivity index (χ3n) is 1.97. The lowest BCUT2D eigenvalue weighted by molar-refractivity contribution is -0.385. The smallest absolute Gasteiger partial charge is 0.372 e. The molecule has 1 heterocycles. The maximum absolute atomic E-state index is 10.9. The Morgan fingerprint density at radius 3 is 2.94 bits per heavy atom. The molecule has 1 aromatic rings. The molecule has 17 heavy (non-hydrogen) atoms. The van der Waals surface area contributed by atoms with Crippen LogP contribution in [0.25, 0.3) is 0 Å². The normalized spacial score (nSPS) is 11.4. The van der Waals surface area contributed by atoms with E-state index in [1.54, 1.807) is 6.92 Å². The molecule has 0 bridgehead atoms. The third-order valence-corrected chi connectivity index (χ3v) is 1.97. The van der Waals surface area contributed by atoms with Crippen molar-refractivity contribution in [2.75, 3.05) is 12.4 Å². The second-order valence-electron chi connectivity index (χ2n) is 3.29. The number of nitrogens with zero attached hydrogens (tertiary/aromatic N) is 3. The number of aromatic nitrogens is 2. The van der Waals surface area contributed by atoms with Crippen LogP contribution in [0.2, 0.25) is 0 Å². The molecule has 0 aliphatic heterocycles. The van der Waals surface area contributed by atoms with Crippen LogP contribution in [-0.2, 0) is 0 Å². The van der Waals surface area contributed by atoms with E-state index in [0.717, 1.165) is 0 Å². The Labute approximate surface area is 98.4 Å². The molecule has 0 aliphatic carbocycles. The molecule has 0 amide bonds. The van der Waals surface area contributed by atoms with E-state index in [9.17, 15) is 10.1 Å². The van der Waals surface area contributed by atoms with Gasteiger partial charge in [0.1, 0.15) is 6.33 Å².